The summed E-state index contributed by atoms with van der Waals surface area (Å²) in [5.74, 6) is -2.79. The number of unbranched alkanes of at least 4 members (excludes halogenated alkanes) is 9. The van der Waals surface area contributed by atoms with Crippen LogP contribution in [0.2, 0.25) is 0 Å². The summed E-state index contributed by atoms with van der Waals surface area (Å²) in [6.45, 7) is 5.74. The summed E-state index contributed by atoms with van der Waals surface area (Å²) < 4.78 is 0. The van der Waals surface area contributed by atoms with Gasteiger partial charge in [-0.1, -0.05) is 77.4 Å². The van der Waals surface area contributed by atoms with E-state index in [0.29, 0.717) is 12.0 Å². The van der Waals surface area contributed by atoms with Crippen molar-refractivity contribution in [1.29, 1.82) is 0 Å². The van der Waals surface area contributed by atoms with Crippen LogP contribution < -0.4 is 0 Å². The fourth-order valence-corrected chi connectivity index (χ4v) is 2.50. The molecule has 22 heavy (non-hydrogen) atoms. The highest BCUT2D eigenvalue weighted by atomic mass is 16.4. The van der Waals surface area contributed by atoms with Crippen LogP contribution in [0.4, 0.5) is 0 Å². The minimum Gasteiger partial charge on any atom is -0.477 e. The zero-order chi connectivity index (χ0) is 16.8. The first-order valence-electron chi connectivity index (χ1n) is 8.36. The summed E-state index contributed by atoms with van der Waals surface area (Å²) in [6.07, 6.45) is 13.7. The van der Waals surface area contributed by atoms with Gasteiger partial charge in [0.25, 0.3) is 0 Å². The van der Waals surface area contributed by atoms with Crippen molar-refractivity contribution in [2.45, 2.75) is 77.6 Å². The molecule has 0 aromatic carbocycles. The highest BCUT2D eigenvalue weighted by Crippen LogP contribution is 2.17. The van der Waals surface area contributed by atoms with Gasteiger partial charge in [-0.2, -0.15) is 0 Å². The molecule has 0 aliphatic heterocycles. The standard InChI is InChI=1S/C18H30O4/c1-3-5-6-7-8-9-10-11-12-13-14-15(4-2)16(17(19)20)18(21)22/h4H,2-3,5-14H2,1H3,(H,19,20)(H,21,22). The molecule has 0 aromatic heterocycles. The molecule has 4 nitrogen and oxygen atoms in total. The van der Waals surface area contributed by atoms with Crippen LogP contribution in [-0.2, 0) is 9.59 Å². The third-order valence-electron chi connectivity index (χ3n) is 3.79. The van der Waals surface area contributed by atoms with Crippen molar-refractivity contribution in [2.24, 2.45) is 0 Å². The average Bonchev–Trinajstić information content (AvgIpc) is 2.46. The average molecular weight is 310 g/mol. The van der Waals surface area contributed by atoms with E-state index >= 15 is 0 Å². The van der Waals surface area contributed by atoms with Crippen molar-refractivity contribution in [3.63, 3.8) is 0 Å². The highest BCUT2D eigenvalue weighted by Gasteiger charge is 2.19. The summed E-state index contributed by atoms with van der Waals surface area (Å²) in [7, 11) is 0. The SMILES string of the molecule is C=CC(CCCCCCCCCCCC)=C(C(=O)O)C(=O)O. The number of rotatable bonds is 14. The van der Waals surface area contributed by atoms with E-state index in [2.05, 4.69) is 13.5 Å². The smallest absolute Gasteiger partial charge is 0.343 e. The van der Waals surface area contributed by atoms with E-state index in [9.17, 15) is 9.59 Å². The number of carboxylic acids is 2. The van der Waals surface area contributed by atoms with Crippen LogP contribution in [0.1, 0.15) is 77.6 Å². The minimum absolute atomic E-state index is 0.319. The molecular weight excluding hydrogens is 280 g/mol. The molecule has 0 spiro atoms. The van der Waals surface area contributed by atoms with Crippen molar-refractivity contribution in [3.05, 3.63) is 23.8 Å². The molecule has 0 aliphatic rings. The summed E-state index contributed by atoms with van der Waals surface area (Å²) in [4.78, 5) is 21.9. The second kappa shape index (κ2) is 13.1. The van der Waals surface area contributed by atoms with E-state index in [1.807, 2.05) is 0 Å². The monoisotopic (exact) mass is 310 g/mol. The van der Waals surface area contributed by atoms with Crippen molar-refractivity contribution in [1.82, 2.24) is 0 Å². The predicted octanol–water partition coefficient (Wildman–Crippen LogP) is 4.95. The Balaban J connectivity index is 3.89. The Labute approximate surface area is 133 Å². The summed E-state index contributed by atoms with van der Waals surface area (Å²) >= 11 is 0. The molecule has 0 rings (SSSR count). The molecule has 126 valence electrons. The molecule has 0 saturated heterocycles. The Hall–Kier alpha value is -1.58. The fourth-order valence-electron chi connectivity index (χ4n) is 2.50. The van der Waals surface area contributed by atoms with Crippen molar-refractivity contribution >= 4 is 11.9 Å². The van der Waals surface area contributed by atoms with Gasteiger partial charge in [0.1, 0.15) is 5.57 Å². The van der Waals surface area contributed by atoms with Crippen LogP contribution in [0.5, 0.6) is 0 Å². The van der Waals surface area contributed by atoms with E-state index < -0.39 is 17.5 Å². The number of allylic oxidation sites excluding steroid dienone is 2. The van der Waals surface area contributed by atoms with E-state index in [-0.39, 0.29) is 0 Å². The van der Waals surface area contributed by atoms with E-state index in [1.54, 1.807) is 0 Å². The van der Waals surface area contributed by atoms with Crippen LogP contribution in [-0.4, -0.2) is 22.2 Å². The fraction of sp³-hybridized carbons (Fsp3) is 0.667. The summed E-state index contributed by atoms with van der Waals surface area (Å²) in [6, 6.07) is 0. The second-order valence-electron chi connectivity index (χ2n) is 5.65. The Morgan fingerprint density at radius 2 is 1.23 bits per heavy atom. The molecule has 0 heterocycles. The third-order valence-corrected chi connectivity index (χ3v) is 3.79. The van der Waals surface area contributed by atoms with Crippen molar-refractivity contribution in [2.75, 3.05) is 0 Å². The van der Waals surface area contributed by atoms with Gasteiger partial charge in [0.05, 0.1) is 0 Å². The molecule has 0 saturated carbocycles. The molecule has 0 radical (unpaired) electrons. The molecule has 0 fully saturated rings. The molecule has 0 aliphatic carbocycles. The molecule has 0 atom stereocenters. The van der Waals surface area contributed by atoms with Crippen LogP contribution in [0.3, 0.4) is 0 Å². The molecule has 0 aromatic rings. The molecule has 0 amide bonds. The quantitative estimate of drug-likeness (QED) is 0.156. The van der Waals surface area contributed by atoms with Gasteiger partial charge in [0.2, 0.25) is 0 Å². The zero-order valence-electron chi connectivity index (χ0n) is 13.8. The summed E-state index contributed by atoms with van der Waals surface area (Å²) in [5.41, 5.74) is -0.231. The van der Waals surface area contributed by atoms with Gasteiger partial charge in [0.15, 0.2) is 0 Å². The highest BCUT2D eigenvalue weighted by molar-refractivity contribution is 6.13. The maximum Gasteiger partial charge on any atom is 0.343 e. The number of aliphatic carboxylic acids is 2. The molecular formula is C18H30O4. The van der Waals surface area contributed by atoms with Crippen molar-refractivity contribution in [3.8, 4) is 0 Å². The topological polar surface area (TPSA) is 74.6 Å². The molecule has 4 heteroatoms. The Morgan fingerprint density at radius 3 is 1.59 bits per heavy atom. The maximum absolute atomic E-state index is 10.9. The van der Waals surface area contributed by atoms with Gasteiger partial charge in [-0.05, 0) is 18.4 Å². The first-order valence-corrected chi connectivity index (χ1v) is 8.36. The maximum atomic E-state index is 10.9. The lowest BCUT2D eigenvalue weighted by Crippen LogP contribution is -2.13. The Morgan fingerprint density at radius 1 is 0.818 bits per heavy atom. The Bertz CT molecular complexity index is 367. The van der Waals surface area contributed by atoms with Gasteiger partial charge in [-0.3, -0.25) is 0 Å². The van der Waals surface area contributed by atoms with E-state index in [1.165, 1.54) is 51.0 Å². The lowest BCUT2D eigenvalue weighted by Gasteiger charge is -2.06. The van der Waals surface area contributed by atoms with Crippen LogP contribution >= 0.6 is 0 Å². The molecule has 0 bridgehead atoms. The van der Waals surface area contributed by atoms with Gasteiger partial charge in [0, 0.05) is 0 Å². The Kier molecular flexibility index (Phi) is 12.2. The van der Waals surface area contributed by atoms with Crippen molar-refractivity contribution < 1.29 is 19.8 Å². The minimum atomic E-state index is -1.39. The number of carboxylic acid groups (broad SMARTS) is 2. The predicted molar refractivity (Wildman–Crippen MR) is 89.0 cm³/mol. The molecule has 0 unspecified atom stereocenters. The van der Waals surface area contributed by atoms with Gasteiger partial charge in [-0.15, -0.1) is 0 Å². The third kappa shape index (κ3) is 9.37. The van der Waals surface area contributed by atoms with Crippen LogP contribution in [0.15, 0.2) is 23.8 Å². The van der Waals surface area contributed by atoms with Crippen LogP contribution in [0, 0.1) is 0 Å². The number of hydrogen-bond donors (Lipinski definition) is 2. The normalized spacial score (nSPS) is 10.2. The summed E-state index contributed by atoms with van der Waals surface area (Å²) in [5, 5.41) is 17.8. The zero-order valence-corrected chi connectivity index (χ0v) is 13.8. The first kappa shape index (κ1) is 20.4. The largest absolute Gasteiger partial charge is 0.477 e. The van der Waals surface area contributed by atoms with Gasteiger partial charge >= 0.3 is 11.9 Å². The number of carbonyl (C=O) groups is 2. The second-order valence-corrected chi connectivity index (χ2v) is 5.65. The number of hydrogen-bond acceptors (Lipinski definition) is 2. The first-order chi connectivity index (χ1) is 10.5. The van der Waals surface area contributed by atoms with E-state index in [0.717, 1.165) is 19.3 Å². The van der Waals surface area contributed by atoms with Crippen LogP contribution in [0.25, 0.3) is 0 Å². The lowest BCUT2D eigenvalue weighted by atomic mass is 10.00. The van der Waals surface area contributed by atoms with E-state index in [4.69, 9.17) is 10.2 Å². The lowest BCUT2D eigenvalue weighted by molar-refractivity contribution is -0.140. The molecule has 2 N–H and O–H groups in total. The van der Waals surface area contributed by atoms with Gasteiger partial charge < -0.3 is 10.2 Å². The van der Waals surface area contributed by atoms with Gasteiger partial charge in [-0.25, -0.2) is 9.59 Å².